The highest BCUT2D eigenvalue weighted by molar-refractivity contribution is 5.78. The van der Waals surface area contributed by atoms with Crippen molar-refractivity contribution in [3.05, 3.63) is 59.9 Å². The van der Waals surface area contributed by atoms with Crippen molar-refractivity contribution < 1.29 is 14.3 Å². The number of amides is 1. The summed E-state index contributed by atoms with van der Waals surface area (Å²) < 4.78 is 12.8. The molecular weight excluding hydrogens is 394 g/mol. The number of carbonyl (C=O) groups excluding carboxylic acids is 1. The zero-order chi connectivity index (χ0) is 22.1. The third-order valence-corrected chi connectivity index (χ3v) is 4.81. The van der Waals surface area contributed by atoms with Crippen LogP contribution in [0, 0.1) is 0 Å². The first-order valence-corrected chi connectivity index (χ1v) is 10.5. The first-order valence-electron chi connectivity index (χ1n) is 10.5. The average Bonchev–Trinajstić information content (AvgIpc) is 3.33. The van der Waals surface area contributed by atoms with Gasteiger partial charge in [-0.1, -0.05) is 32.0 Å². The molecule has 0 aliphatic carbocycles. The first-order chi connectivity index (χ1) is 15.1. The van der Waals surface area contributed by atoms with Crippen LogP contribution in [0.5, 0.6) is 11.5 Å². The minimum absolute atomic E-state index is 0.0855. The standard InChI is InChI=1S/C23H29N5O3/c1-4-12-27(16-19-8-11-21(31-13-5-2)22(14-19)30-3)23(29)15-18-6-9-20(10-7-18)28-17-24-25-26-28/h6-11,14,17H,4-5,12-13,15-16H2,1-3H3. The van der Waals surface area contributed by atoms with Gasteiger partial charge in [0.15, 0.2) is 11.5 Å². The van der Waals surface area contributed by atoms with Gasteiger partial charge in [-0.25, -0.2) is 4.68 Å². The van der Waals surface area contributed by atoms with E-state index in [-0.39, 0.29) is 5.91 Å². The molecule has 164 valence electrons. The van der Waals surface area contributed by atoms with Crippen LogP contribution >= 0.6 is 0 Å². The number of nitrogens with zero attached hydrogens (tertiary/aromatic N) is 5. The normalized spacial score (nSPS) is 10.7. The van der Waals surface area contributed by atoms with E-state index in [1.165, 1.54) is 6.33 Å². The summed E-state index contributed by atoms with van der Waals surface area (Å²) in [4.78, 5) is 14.9. The Morgan fingerprint density at radius 1 is 1.03 bits per heavy atom. The number of benzene rings is 2. The van der Waals surface area contributed by atoms with Crippen LogP contribution in [0.4, 0.5) is 0 Å². The summed E-state index contributed by atoms with van der Waals surface area (Å²) in [6, 6.07) is 13.5. The fraction of sp³-hybridized carbons (Fsp3) is 0.391. The molecule has 8 heteroatoms. The van der Waals surface area contributed by atoms with Crippen molar-refractivity contribution in [2.75, 3.05) is 20.3 Å². The van der Waals surface area contributed by atoms with Crippen molar-refractivity contribution in [2.24, 2.45) is 0 Å². The maximum absolute atomic E-state index is 13.0. The van der Waals surface area contributed by atoms with Gasteiger partial charge in [-0.3, -0.25) is 4.79 Å². The molecular formula is C23H29N5O3. The maximum atomic E-state index is 13.0. The highest BCUT2D eigenvalue weighted by Gasteiger charge is 2.15. The lowest BCUT2D eigenvalue weighted by Crippen LogP contribution is -2.32. The van der Waals surface area contributed by atoms with E-state index in [0.717, 1.165) is 35.4 Å². The Labute approximate surface area is 182 Å². The summed E-state index contributed by atoms with van der Waals surface area (Å²) in [7, 11) is 1.63. The SMILES string of the molecule is CCCOc1ccc(CN(CCC)C(=O)Cc2ccc(-n3cnnn3)cc2)cc1OC. The van der Waals surface area contributed by atoms with E-state index in [4.69, 9.17) is 9.47 Å². The van der Waals surface area contributed by atoms with Crippen molar-refractivity contribution in [1.29, 1.82) is 0 Å². The summed E-state index contributed by atoms with van der Waals surface area (Å²) in [6.45, 7) is 6.00. The molecule has 0 radical (unpaired) electrons. The number of carbonyl (C=O) groups is 1. The highest BCUT2D eigenvalue weighted by Crippen LogP contribution is 2.29. The van der Waals surface area contributed by atoms with Crippen molar-refractivity contribution in [3.63, 3.8) is 0 Å². The van der Waals surface area contributed by atoms with E-state index < -0.39 is 0 Å². The molecule has 8 nitrogen and oxygen atoms in total. The van der Waals surface area contributed by atoms with Gasteiger partial charge in [-0.05, 0) is 58.7 Å². The lowest BCUT2D eigenvalue weighted by molar-refractivity contribution is -0.131. The summed E-state index contributed by atoms with van der Waals surface area (Å²) in [5, 5.41) is 11.2. The third-order valence-electron chi connectivity index (χ3n) is 4.81. The van der Waals surface area contributed by atoms with Gasteiger partial charge in [-0.2, -0.15) is 0 Å². The van der Waals surface area contributed by atoms with Crippen LogP contribution in [-0.2, 0) is 17.8 Å². The molecule has 0 bridgehead atoms. The van der Waals surface area contributed by atoms with Gasteiger partial charge >= 0.3 is 0 Å². The monoisotopic (exact) mass is 423 g/mol. The quantitative estimate of drug-likeness (QED) is 0.470. The van der Waals surface area contributed by atoms with Crippen LogP contribution in [0.15, 0.2) is 48.8 Å². The number of hydrogen-bond acceptors (Lipinski definition) is 6. The first kappa shape index (κ1) is 22.3. The second kappa shape index (κ2) is 11.1. The number of tetrazole rings is 1. The average molecular weight is 424 g/mol. The molecule has 0 aliphatic heterocycles. The van der Waals surface area contributed by atoms with E-state index in [1.807, 2.05) is 47.4 Å². The molecule has 0 saturated heterocycles. The molecule has 1 amide bonds. The predicted octanol–water partition coefficient (Wildman–Crippen LogP) is 3.44. The van der Waals surface area contributed by atoms with Crippen LogP contribution in [0.3, 0.4) is 0 Å². The molecule has 1 heterocycles. The molecule has 2 aromatic carbocycles. The van der Waals surface area contributed by atoms with E-state index in [2.05, 4.69) is 29.4 Å². The van der Waals surface area contributed by atoms with E-state index in [0.29, 0.717) is 31.9 Å². The summed E-state index contributed by atoms with van der Waals surface area (Å²) in [6.07, 6.45) is 3.69. The summed E-state index contributed by atoms with van der Waals surface area (Å²) in [5.74, 6) is 1.50. The van der Waals surface area contributed by atoms with Crippen LogP contribution in [0.1, 0.15) is 37.8 Å². The van der Waals surface area contributed by atoms with Crippen LogP contribution in [-0.4, -0.2) is 51.3 Å². The molecule has 0 fully saturated rings. The largest absolute Gasteiger partial charge is 0.493 e. The number of methoxy groups -OCH3 is 1. The second-order valence-electron chi connectivity index (χ2n) is 7.25. The van der Waals surface area contributed by atoms with Crippen LogP contribution < -0.4 is 9.47 Å². The number of rotatable bonds is 11. The van der Waals surface area contributed by atoms with Gasteiger partial charge in [0.2, 0.25) is 5.91 Å². The number of aromatic nitrogens is 4. The fourth-order valence-electron chi connectivity index (χ4n) is 3.26. The highest BCUT2D eigenvalue weighted by atomic mass is 16.5. The molecule has 3 rings (SSSR count). The van der Waals surface area contributed by atoms with Gasteiger partial charge in [-0.15, -0.1) is 5.10 Å². The smallest absolute Gasteiger partial charge is 0.227 e. The van der Waals surface area contributed by atoms with Gasteiger partial charge in [0.25, 0.3) is 0 Å². The zero-order valence-electron chi connectivity index (χ0n) is 18.3. The summed E-state index contributed by atoms with van der Waals surface area (Å²) >= 11 is 0. The number of hydrogen-bond donors (Lipinski definition) is 0. The Kier molecular flexibility index (Phi) is 7.98. The molecule has 0 N–H and O–H groups in total. The van der Waals surface area contributed by atoms with Crippen molar-refractivity contribution in [1.82, 2.24) is 25.1 Å². The summed E-state index contributed by atoms with van der Waals surface area (Å²) in [5.41, 5.74) is 2.81. The lowest BCUT2D eigenvalue weighted by atomic mass is 10.1. The van der Waals surface area contributed by atoms with E-state index in [1.54, 1.807) is 11.8 Å². The van der Waals surface area contributed by atoms with Crippen LogP contribution in [0.25, 0.3) is 5.69 Å². The topological polar surface area (TPSA) is 82.4 Å². The Hall–Kier alpha value is -3.42. The lowest BCUT2D eigenvalue weighted by Gasteiger charge is -2.23. The Balaban J connectivity index is 1.67. The fourth-order valence-corrected chi connectivity index (χ4v) is 3.26. The molecule has 0 spiro atoms. The van der Waals surface area contributed by atoms with Gasteiger partial charge < -0.3 is 14.4 Å². The van der Waals surface area contributed by atoms with E-state index >= 15 is 0 Å². The van der Waals surface area contributed by atoms with Gasteiger partial charge in [0.1, 0.15) is 6.33 Å². The van der Waals surface area contributed by atoms with Crippen molar-refractivity contribution in [2.45, 2.75) is 39.7 Å². The molecule has 0 saturated carbocycles. The van der Waals surface area contributed by atoms with E-state index in [9.17, 15) is 4.79 Å². The molecule has 31 heavy (non-hydrogen) atoms. The molecule has 0 atom stereocenters. The Bertz CT molecular complexity index is 958. The third kappa shape index (κ3) is 6.04. The molecule has 0 aliphatic rings. The van der Waals surface area contributed by atoms with Gasteiger partial charge in [0.05, 0.1) is 25.8 Å². The minimum Gasteiger partial charge on any atom is -0.493 e. The maximum Gasteiger partial charge on any atom is 0.227 e. The van der Waals surface area contributed by atoms with Crippen molar-refractivity contribution >= 4 is 5.91 Å². The van der Waals surface area contributed by atoms with Gasteiger partial charge in [0, 0.05) is 13.1 Å². The predicted molar refractivity (Wildman–Crippen MR) is 117 cm³/mol. The minimum atomic E-state index is 0.0855. The second-order valence-corrected chi connectivity index (χ2v) is 7.25. The van der Waals surface area contributed by atoms with Crippen molar-refractivity contribution in [3.8, 4) is 17.2 Å². The molecule has 3 aromatic rings. The number of ether oxygens (including phenoxy) is 2. The zero-order valence-corrected chi connectivity index (χ0v) is 18.3. The molecule has 0 unspecified atom stereocenters. The Morgan fingerprint density at radius 3 is 2.45 bits per heavy atom. The molecule has 1 aromatic heterocycles. The van der Waals surface area contributed by atoms with Crippen LogP contribution in [0.2, 0.25) is 0 Å². The Morgan fingerprint density at radius 2 is 1.81 bits per heavy atom.